The Morgan fingerprint density at radius 3 is 2.69 bits per heavy atom. The smallest absolute Gasteiger partial charge is 0.410 e. The minimum absolute atomic E-state index is 0.0806. The predicted molar refractivity (Wildman–Crippen MR) is 106 cm³/mol. The fraction of sp³-hybridized carbons (Fsp3) is 0.500. The summed E-state index contributed by atoms with van der Waals surface area (Å²) in [6.07, 6.45) is 5.56. The number of hydrogen-bond donors (Lipinski definition) is 0. The van der Waals surface area contributed by atoms with Crippen LogP contribution in [0.4, 0.5) is 9.18 Å². The molecule has 0 bridgehead atoms. The van der Waals surface area contributed by atoms with Crippen molar-refractivity contribution in [2.45, 2.75) is 51.7 Å². The number of hydrogen-bond acceptors (Lipinski definition) is 5. The second kappa shape index (κ2) is 7.61. The maximum Gasteiger partial charge on any atom is 0.410 e. The van der Waals surface area contributed by atoms with Crippen LogP contribution < -0.4 is 4.74 Å². The largest absolute Gasteiger partial charge is 0.488 e. The van der Waals surface area contributed by atoms with Crippen LogP contribution in [0.15, 0.2) is 30.6 Å². The van der Waals surface area contributed by atoms with E-state index in [-0.39, 0.29) is 12.2 Å². The van der Waals surface area contributed by atoms with Crippen molar-refractivity contribution >= 4 is 6.09 Å². The summed E-state index contributed by atoms with van der Waals surface area (Å²) in [5.74, 6) is 0.654. The summed E-state index contributed by atoms with van der Waals surface area (Å²) in [6, 6.07) is 5.10. The van der Waals surface area contributed by atoms with Crippen LogP contribution in [0.25, 0.3) is 11.3 Å². The van der Waals surface area contributed by atoms with E-state index in [1.807, 2.05) is 26.8 Å². The molecule has 6 nitrogen and oxygen atoms in total. The topological polar surface area (TPSA) is 64.5 Å². The molecule has 2 aliphatic heterocycles. The Labute approximate surface area is 170 Å². The number of piperidine rings is 1. The van der Waals surface area contributed by atoms with Crippen LogP contribution in [-0.4, -0.2) is 45.8 Å². The molecule has 0 radical (unpaired) electrons. The Morgan fingerprint density at radius 1 is 1.24 bits per heavy atom. The number of fused-ring (bicyclic) bond motifs is 1. The van der Waals surface area contributed by atoms with Gasteiger partial charge in [-0.15, -0.1) is 0 Å². The number of nitrogens with zero attached hydrogens (tertiary/aromatic N) is 3. The lowest BCUT2D eigenvalue weighted by atomic mass is 9.89. The van der Waals surface area contributed by atoms with E-state index in [9.17, 15) is 9.18 Å². The first-order chi connectivity index (χ1) is 13.8. The molecule has 29 heavy (non-hydrogen) atoms. The van der Waals surface area contributed by atoms with Gasteiger partial charge in [0.25, 0.3) is 0 Å². The lowest BCUT2D eigenvalue weighted by molar-refractivity contribution is 0.0123. The molecule has 1 amide bonds. The van der Waals surface area contributed by atoms with E-state index in [4.69, 9.17) is 9.47 Å². The highest BCUT2D eigenvalue weighted by Gasteiger charge is 2.35. The average Bonchev–Trinajstić information content (AvgIpc) is 3.10. The normalized spacial score (nSPS) is 19.6. The zero-order valence-electron chi connectivity index (χ0n) is 17.0. The number of amides is 1. The molecule has 7 heteroatoms. The Bertz CT molecular complexity index is 904. The quantitative estimate of drug-likeness (QED) is 0.707. The first-order valence-corrected chi connectivity index (χ1v) is 10.0. The molecule has 1 atom stereocenters. The molecule has 0 N–H and O–H groups in total. The van der Waals surface area contributed by atoms with Gasteiger partial charge in [0.1, 0.15) is 17.5 Å². The van der Waals surface area contributed by atoms with Gasteiger partial charge in [-0.25, -0.2) is 9.78 Å². The van der Waals surface area contributed by atoms with Crippen LogP contribution in [-0.2, 0) is 11.2 Å². The number of likely N-dealkylation sites (tertiary alicyclic amines) is 1. The average molecular weight is 399 g/mol. The molecule has 1 unspecified atom stereocenters. The summed E-state index contributed by atoms with van der Waals surface area (Å²) in [5, 5.41) is 0. The van der Waals surface area contributed by atoms with Crippen LogP contribution in [0.1, 0.15) is 39.2 Å². The number of rotatable bonds is 2. The van der Waals surface area contributed by atoms with Crippen LogP contribution in [0.2, 0.25) is 0 Å². The van der Waals surface area contributed by atoms with E-state index in [0.29, 0.717) is 30.3 Å². The van der Waals surface area contributed by atoms with Crippen molar-refractivity contribution in [1.82, 2.24) is 14.9 Å². The molecule has 154 valence electrons. The van der Waals surface area contributed by atoms with Crippen molar-refractivity contribution in [3.63, 3.8) is 0 Å². The molecule has 4 heterocycles. The molecule has 0 spiro atoms. The second-order valence-electron chi connectivity index (χ2n) is 8.71. The number of carbonyl (C=O) groups excluding carboxylic acids is 1. The maximum atomic E-state index is 13.4. The van der Waals surface area contributed by atoms with Gasteiger partial charge in [0.15, 0.2) is 0 Å². The van der Waals surface area contributed by atoms with Crippen LogP contribution in [0.5, 0.6) is 5.75 Å². The highest BCUT2D eigenvalue weighted by Crippen LogP contribution is 2.36. The highest BCUT2D eigenvalue weighted by molar-refractivity contribution is 5.68. The van der Waals surface area contributed by atoms with E-state index >= 15 is 0 Å². The molecule has 2 aromatic heterocycles. The molecular formula is C22H26FN3O3. The standard InChI is InChI=1S/C22H26FN3O3/c1-22(2,3)29-21(27)26-8-5-14(6-9-26)18-11-16-10-17(25-13-19(16)28-18)15-4-7-24-20(23)12-15/h4,7,10,12-14,18H,5-6,8-9,11H2,1-3H3. The summed E-state index contributed by atoms with van der Waals surface area (Å²) in [6.45, 7) is 6.99. The lowest BCUT2D eigenvalue weighted by Gasteiger charge is -2.35. The summed E-state index contributed by atoms with van der Waals surface area (Å²) < 4.78 is 25.0. The van der Waals surface area contributed by atoms with E-state index in [0.717, 1.165) is 30.6 Å². The molecule has 1 saturated heterocycles. The second-order valence-corrected chi connectivity index (χ2v) is 8.71. The Balaban J connectivity index is 1.37. The fourth-order valence-corrected chi connectivity index (χ4v) is 3.93. The zero-order valence-corrected chi connectivity index (χ0v) is 17.0. The monoisotopic (exact) mass is 399 g/mol. The Morgan fingerprint density at radius 2 is 2.00 bits per heavy atom. The van der Waals surface area contributed by atoms with Gasteiger partial charge in [-0.3, -0.25) is 4.98 Å². The third-order valence-electron chi connectivity index (χ3n) is 5.39. The van der Waals surface area contributed by atoms with Gasteiger partial charge in [-0.1, -0.05) is 0 Å². The van der Waals surface area contributed by atoms with Crippen LogP contribution in [0.3, 0.4) is 0 Å². The molecular weight excluding hydrogens is 373 g/mol. The number of carbonyl (C=O) groups is 1. The van der Waals surface area contributed by atoms with Gasteiger partial charge in [0, 0.05) is 42.9 Å². The summed E-state index contributed by atoms with van der Waals surface area (Å²) in [4.78, 5) is 22.0. The maximum absolute atomic E-state index is 13.4. The van der Waals surface area contributed by atoms with Gasteiger partial charge < -0.3 is 14.4 Å². The van der Waals surface area contributed by atoms with E-state index < -0.39 is 11.5 Å². The summed E-state index contributed by atoms with van der Waals surface area (Å²) in [5.41, 5.74) is 2.03. The van der Waals surface area contributed by atoms with Crippen molar-refractivity contribution in [3.8, 4) is 17.0 Å². The number of ether oxygens (including phenoxy) is 2. The SMILES string of the molecule is CC(C)(C)OC(=O)N1CCC(C2Cc3cc(-c4ccnc(F)c4)ncc3O2)CC1. The zero-order chi connectivity index (χ0) is 20.6. The molecule has 4 rings (SSSR count). The number of halogens is 1. The van der Waals surface area contributed by atoms with Crippen molar-refractivity contribution in [2.24, 2.45) is 5.92 Å². The Kier molecular flexibility index (Phi) is 5.15. The van der Waals surface area contributed by atoms with Gasteiger partial charge >= 0.3 is 6.09 Å². The van der Waals surface area contributed by atoms with E-state index in [1.165, 1.54) is 12.3 Å². The third kappa shape index (κ3) is 4.49. The third-order valence-corrected chi connectivity index (χ3v) is 5.39. The molecule has 0 aliphatic carbocycles. The van der Waals surface area contributed by atoms with E-state index in [2.05, 4.69) is 9.97 Å². The molecule has 0 aromatic carbocycles. The lowest BCUT2D eigenvalue weighted by Crippen LogP contribution is -2.44. The van der Waals surface area contributed by atoms with Crippen molar-refractivity contribution in [1.29, 1.82) is 0 Å². The Hall–Kier alpha value is -2.70. The van der Waals surface area contributed by atoms with Crippen molar-refractivity contribution < 1.29 is 18.7 Å². The minimum Gasteiger partial charge on any atom is -0.488 e. The van der Waals surface area contributed by atoms with Gasteiger partial charge in [0.05, 0.1) is 11.9 Å². The molecule has 2 aliphatic rings. The minimum atomic E-state index is -0.518. The van der Waals surface area contributed by atoms with Crippen LogP contribution >= 0.6 is 0 Å². The summed E-state index contributed by atoms with van der Waals surface area (Å²) >= 11 is 0. The summed E-state index contributed by atoms with van der Waals surface area (Å²) in [7, 11) is 0. The van der Waals surface area contributed by atoms with Crippen LogP contribution in [0, 0.1) is 11.9 Å². The fourth-order valence-electron chi connectivity index (χ4n) is 3.93. The molecule has 0 saturated carbocycles. The van der Waals surface area contributed by atoms with Gasteiger partial charge in [-0.05, 0) is 51.7 Å². The molecule has 1 fully saturated rings. The number of pyridine rings is 2. The highest BCUT2D eigenvalue weighted by atomic mass is 19.1. The first-order valence-electron chi connectivity index (χ1n) is 10.0. The first kappa shape index (κ1) is 19.6. The predicted octanol–water partition coefficient (Wildman–Crippen LogP) is 4.23. The van der Waals surface area contributed by atoms with Crippen molar-refractivity contribution in [2.75, 3.05) is 13.1 Å². The van der Waals surface area contributed by atoms with Crippen molar-refractivity contribution in [3.05, 3.63) is 42.1 Å². The van der Waals surface area contributed by atoms with Gasteiger partial charge in [-0.2, -0.15) is 4.39 Å². The van der Waals surface area contributed by atoms with Gasteiger partial charge in [0.2, 0.25) is 5.95 Å². The number of aromatic nitrogens is 2. The van der Waals surface area contributed by atoms with E-state index in [1.54, 1.807) is 17.2 Å². The molecule has 2 aromatic rings.